The topological polar surface area (TPSA) is 47.8 Å². The molecule has 0 unspecified atom stereocenters. The van der Waals surface area contributed by atoms with Crippen molar-refractivity contribution in [3.63, 3.8) is 0 Å². The molecule has 2 rings (SSSR count). The number of Topliss-reactive ketones (excluding diaryl/α,β-unsaturated/α-hetero) is 1. The van der Waals surface area contributed by atoms with Crippen LogP contribution in [-0.4, -0.2) is 20.5 Å². The van der Waals surface area contributed by atoms with Crippen molar-refractivity contribution in [1.82, 2.24) is 14.8 Å². The average Bonchev–Trinajstić information content (AvgIpc) is 2.62. The number of carbonyl (C=O) groups is 1. The highest BCUT2D eigenvalue weighted by Gasteiger charge is 2.17. The number of hydrogen-bond acceptors (Lipinski definition) is 3. The van der Waals surface area contributed by atoms with E-state index in [0.717, 1.165) is 24.1 Å². The third-order valence-corrected chi connectivity index (χ3v) is 2.36. The molecule has 0 radical (unpaired) electrons. The van der Waals surface area contributed by atoms with E-state index in [-0.39, 0.29) is 5.78 Å². The van der Waals surface area contributed by atoms with E-state index in [1.807, 2.05) is 6.92 Å². The van der Waals surface area contributed by atoms with E-state index in [4.69, 9.17) is 0 Å². The molecule has 1 heterocycles. The number of aromatic nitrogens is 3. The van der Waals surface area contributed by atoms with Gasteiger partial charge in [0.2, 0.25) is 0 Å². The van der Waals surface area contributed by atoms with Crippen LogP contribution in [0.4, 0.5) is 0 Å². The molecule has 0 N–H and O–H groups in total. The van der Waals surface area contributed by atoms with Crippen molar-refractivity contribution in [1.29, 1.82) is 0 Å². The summed E-state index contributed by atoms with van der Waals surface area (Å²) >= 11 is 0. The van der Waals surface area contributed by atoms with Gasteiger partial charge in [-0.2, -0.15) is 5.10 Å². The summed E-state index contributed by atoms with van der Waals surface area (Å²) in [7, 11) is 0. The maximum absolute atomic E-state index is 11.4. The van der Waals surface area contributed by atoms with Crippen molar-refractivity contribution in [2.24, 2.45) is 0 Å². The first-order valence-corrected chi connectivity index (χ1v) is 4.37. The molecule has 1 aliphatic carbocycles. The lowest BCUT2D eigenvalue weighted by molar-refractivity contribution is -0.115. The molecule has 1 aliphatic rings. The number of rotatable bonds is 1. The van der Waals surface area contributed by atoms with E-state index in [0.29, 0.717) is 6.42 Å². The molecule has 13 heavy (non-hydrogen) atoms. The fraction of sp³-hybridized carbons (Fsp3) is 0.444. The van der Waals surface area contributed by atoms with Crippen LogP contribution < -0.4 is 0 Å². The maximum Gasteiger partial charge on any atom is 0.160 e. The molecule has 0 aromatic carbocycles. The summed E-state index contributed by atoms with van der Waals surface area (Å²) in [5.41, 5.74) is 1.82. The Kier molecular flexibility index (Phi) is 1.96. The first kappa shape index (κ1) is 8.16. The third kappa shape index (κ3) is 1.39. The molecule has 68 valence electrons. The number of allylic oxidation sites excluding steroid dienone is 2. The van der Waals surface area contributed by atoms with Crippen LogP contribution in [0, 0.1) is 0 Å². The monoisotopic (exact) mass is 177 g/mol. The summed E-state index contributed by atoms with van der Waals surface area (Å²) in [6, 6.07) is 0. The SMILES string of the molecule is CC1=C(n2cncn2)CCCC1=O. The Morgan fingerprint density at radius 2 is 2.31 bits per heavy atom. The van der Waals surface area contributed by atoms with Gasteiger partial charge < -0.3 is 0 Å². The lowest BCUT2D eigenvalue weighted by Crippen LogP contribution is -2.12. The molecule has 0 amide bonds. The molecule has 0 bridgehead atoms. The second-order valence-electron chi connectivity index (χ2n) is 3.19. The van der Waals surface area contributed by atoms with Gasteiger partial charge in [-0.05, 0) is 19.8 Å². The zero-order chi connectivity index (χ0) is 9.26. The van der Waals surface area contributed by atoms with Gasteiger partial charge in [0.15, 0.2) is 5.78 Å². The van der Waals surface area contributed by atoms with Gasteiger partial charge >= 0.3 is 0 Å². The fourth-order valence-corrected chi connectivity index (χ4v) is 1.59. The van der Waals surface area contributed by atoms with E-state index in [1.165, 1.54) is 6.33 Å². The van der Waals surface area contributed by atoms with Crippen LogP contribution in [-0.2, 0) is 4.79 Å². The third-order valence-electron chi connectivity index (χ3n) is 2.36. The van der Waals surface area contributed by atoms with Gasteiger partial charge in [0.1, 0.15) is 12.7 Å². The zero-order valence-corrected chi connectivity index (χ0v) is 7.53. The first-order chi connectivity index (χ1) is 6.29. The Morgan fingerprint density at radius 1 is 1.46 bits per heavy atom. The van der Waals surface area contributed by atoms with Crippen LogP contribution in [0.2, 0.25) is 0 Å². The predicted molar refractivity (Wildman–Crippen MR) is 47.8 cm³/mol. The van der Waals surface area contributed by atoms with E-state index in [2.05, 4.69) is 10.1 Å². The Morgan fingerprint density at radius 3 is 3.00 bits per heavy atom. The highest BCUT2D eigenvalue weighted by atomic mass is 16.1. The van der Waals surface area contributed by atoms with Gasteiger partial charge in [0.25, 0.3) is 0 Å². The standard InChI is InChI=1S/C9H11N3O/c1-7-8(3-2-4-9(7)13)12-6-10-5-11-12/h5-6H,2-4H2,1H3. The van der Waals surface area contributed by atoms with Gasteiger partial charge in [0.05, 0.1) is 5.70 Å². The maximum atomic E-state index is 11.4. The molecule has 0 atom stereocenters. The lowest BCUT2D eigenvalue weighted by Gasteiger charge is -2.15. The van der Waals surface area contributed by atoms with Crippen molar-refractivity contribution >= 4 is 11.5 Å². The van der Waals surface area contributed by atoms with E-state index >= 15 is 0 Å². The summed E-state index contributed by atoms with van der Waals surface area (Å²) in [6.07, 6.45) is 5.63. The van der Waals surface area contributed by atoms with Gasteiger partial charge in [-0.15, -0.1) is 0 Å². The molecule has 4 heteroatoms. The highest BCUT2D eigenvalue weighted by Crippen LogP contribution is 2.24. The Bertz CT molecular complexity index is 351. The lowest BCUT2D eigenvalue weighted by atomic mass is 9.96. The quantitative estimate of drug-likeness (QED) is 0.648. The van der Waals surface area contributed by atoms with E-state index < -0.39 is 0 Å². The van der Waals surface area contributed by atoms with Crippen LogP contribution in [0.3, 0.4) is 0 Å². The number of carbonyl (C=O) groups excluding carboxylic acids is 1. The predicted octanol–water partition coefficient (Wildman–Crippen LogP) is 1.26. The Hall–Kier alpha value is -1.45. The second-order valence-corrected chi connectivity index (χ2v) is 3.19. The molecular weight excluding hydrogens is 166 g/mol. The first-order valence-electron chi connectivity index (χ1n) is 4.37. The van der Waals surface area contributed by atoms with Gasteiger partial charge in [0, 0.05) is 12.0 Å². The smallest absolute Gasteiger partial charge is 0.160 e. The summed E-state index contributed by atoms with van der Waals surface area (Å²) in [5, 5.41) is 4.02. The van der Waals surface area contributed by atoms with Crippen LogP contribution >= 0.6 is 0 Å². The Balaban J connectivity index is 2.42. The molecule has 0 aliphatic heterocycles. The van der Waals surface area contributed by atoms with Crippen molar-refractivity contribution in [2.75, 3.05) is 0 Å². The minimum absolute atomic E-state index is 0.233. The van der Waals surface area contributed by atoms with Crippen molar-refractivity contribution in [2.45, 2.75) is 26.2 Å². The van der Waals surface area contributed by atoms with Crippen molar-refractivity contribution in [3.05, 3.63) is 18.2 Å². The zero-order valence-electron chi connectivity index (χ0n) is 7.53. The second kappa shape index (κ2) is 3.12. The molecule has 0 saturated heterocycles. The minimum Gasteiger partial charge on any atom is -0.294 e. The largest absolute Gasteiger partial charge is 0.294 e. The van der Waals surface area contributed by atoms with Crippen molar-refractivity contribution in [3.8, 4) is 0 Å². The van der Waals surface area contributed by atoms with E-state index in [9.17, 15) is 4.79 Å². The normalized spacial score (nSPS) is 18.1. The minimum atomic E-state index is 0.233. The molecule has 1 aromatic heterocycles. The number of nitrogens with zero attached hydrogens (tertiary/aromatic N) is 3. The molecular formula is C9H11N3O. The van der Waals surface area contributed by atoms with Gasteiger partial charge in [-0.3, -0.25) is 4.79 Å². The molecule has 4 nitrogen and oxygen atoms in total. The van der Waals surface area contributed by atoms with Crippen LogP contribution in [0.15, 0.2) is 18.2 Å². The number of hydrogen-bond donors (Lipinski definition) is 0. The van der Waals surface area contributed by atoms with Gasteiger partial charge in [-0.1, -0.05) is 0 Å². The molecule has 0 fully saturated rings. The van der Waals surface area contributed by atoms with Crippen LogP contribution in [0.5, 0.6) is 0 Å². The summed E-state index contributed by atoms with van der Waals surface area (Å²) in [4.78, 5) is 15.2. The van der Waals surface area contributed by atoms with Gasteiger partial charge in [-0.25, -0.2) is 9.67 Å². The number of ketones is 1. The average molecular weight is 177 g/mol. The summed E-state index contributed by atoms with van der Waals surface area (Å²) in [5.74, 6) is 0.233. The van der Waals surface area contributed by atoms with E-state index in [1.54, 1.807) is 11.0 Å². The van der Waals surface area contributed by atoms with Crippen LogP contribution in [0.1, 0.15) is 26.2 Å². The fourth-order valence-electron chi connectivity index (χ4n) is 1.59. The highest BCUT2D eigenvalue weighted by molar-refractivity contribution is 6.00. The Labute approximate surface area is 76.3 Å². The summed E-state index contributed by atoms with van der Waals surface area (Å²) < 4.78 is 1.69. The summed E-state index contributed by atoms with van der Waals surface area (Å²) in [6.45, 7) is 1.86. The molecule has 1 aromatic rings. The molecule has 0 spiro atoms. The van der Waals surface area contributed by atoms with Crippen LogP contribution in [0.25, 0.3) is 5.70 Å². The molecule has 0 saturated carbocycles. The van der Waals surface area contributed by atoms with Crippen molar-refractivity contribution < 1.29 is 4.79 Å².